The maximum atomic E-state index is 12.5. The van der Waals surface area contributed by atoms with Gasteiger partial charge in [-0.15, -0.1) is 11.8 Å². The minimum absolute atomic E-state index is 0.0491. The predicted octanol–water partition coefficient (Wildman–Crippen LogP) is 5.32. The number of thioether (sulfide) groups is 1. The highest BCUT2D eigenvalue weighted by Gasteiger charge is 2.32. The maximum Gasteiger partial charge on any atom is 0.235 e. The summed E-state index contributed by atoms with van der Waals surface area (Å²) in [6.07, 6.45) is 0. The zero-order chi connectivity index (χ0) is 20.5. The fourth-order valence-electron chi connectivity index (χ4n) is 3.51. The Bertz CT molecular complexity index is 1080. The normalized spacial score (nSPS) is 16.1. The molecule has 0 aliphatic carbocycles. The van der Waals surface area contributed by atoms with Crippen LogP contribution < -0.4 is 10.1 Å². The van der Waals surface area contributed by atoms with Crippen molar-refractivity contribution in [3.63, 3.8) is 0 Å². The minimum Gasteiger partial charge on any atom is -0.494 e. The van der Waals surface area contributed by atoms with E-state index < -0.39 is 0 Å². The molecule has 3 aromatic rings. The summed E-state index contributed by atoms with van der Waals surface area (Å²) in [4.78, 5) is 12.5. The molecule has 5 nitrogen and oxygen atoms in total. The molecule has 1 atom stereocenters. The van der Waals surface area contributed by atoms with E-state index in [-0.39, 0.29) is 11.2 Å². The molecule has 0 saturated heterocycles. The van der Waals surface area contributed by atoms with Crippen molar-refractivity contribution in [2.45, 2.75) is 26.0 Å². The first-order valence-corrected chi connectivity index (χ1v) is 10.9. The highest BCUT2D eigenvalue weighted by molar-refractivity contribution is 8.00. The van der Waals surface area contributed by atoms with E-state index in [2.05, 4.69) is 11.4 Å². The first-order valence-electron chi connectivity index (χ1n) is 9.48. The van der Waals surface area contributed by atoms with Crippen LogP contribution in [0.4, 0.5) is 5.82 Å². The number of ether oxygens (including phenoxy) is 1. The topological polar surface area (TPSA) is 56.1 Å². The second kappa shape index (κ2) is 8.13. The molecule has 1 aromatic heterocycles. The van der Waals surface area contributed by atoms with Crippen LogP contribution >= 0.6 is 23.4 Å². The number of aromatic nitrogens is 2. The number of fused-ring (bicyclic) bond motifs is 1. The third-order valence-electron chi connectivity index (χ3n) is 4.91. The van der Waals surface area contributed by atoms with E-state index in [1.807, 2.05) is 57.2 Å². The van der Waals surface area contributed by atoms with Gasteiger partial charge in [-0.3, -0.25) is 4.79 Å². The number of carbonyl (C=O) groups is 1. The third kappa shape index (κ3) is 3.74. The molecule has 4 rings (SSSR count). The van der Waals surface area contributed by atoms with Gasteiger partial charge in [-0.05, 0) is 44.5 Å². The van der Waals surface area contributed by atoms with Gasteiger partial charge in [0.05, 0.1) is 29.0 Å². The Hall–Kier alpha value is -2.44. The van der Waals surface area contributed by atoms with Gasteiger partial charge in [0.25, 0.3) is 0 Å². The second-order valence-corrected chi connectivity index (χ2v) is 8.40. The molecule has 2 aromatic carbocycles. The number of benzene rings is 2. The molecule has 29 heavy (non-hydrogen) atoms. The van der Waals surface area contributed by atoms with Crippen LogP contribution in [0, 0.1) is 13.8 Å². The Labute approximate surface area is 179 Å². The number of anilines is 1. The van der Waals surface area contributed by atoms with Gasteiger partial charge in [-0.2, -0.15) is 5.10 Å². The van der Waals surface area contributed by atoms with Gasteiger partial charge < -0.3 is 10.1 Å². The van der Waals surface area contributed by atoms with Gasteiger partial charge in [-0.25, -0.2) is 4.68 Å². The lowest BCUT2D eigenvalue weighted by Gasteiger charge is -2.19. The number of hydrogen-bond donors (Lipinski definition) is 1. The third-order valence-corrected chi connectivity index (χ3v) is 6.57. The number of carbonyl (C=O) groups excluding carboxylic acids is 1. The van der Waals surface area contributed by atoms with E-state index >= 15 is 0 Å². The first kappa shape index (κ1) is 19.9. The number of nitrogens with one attached hydrogen (secondary N) is 1. The van der Waals surface area contributed by atoms with Crippen molar-refractivity contribution in [3.05, 3.63) is 69.9 Å². The number of hydrogen-bond acceptors (Lipinski definition) is 4. The highest BCUT2D eigenvalue weighted by atomic mass is 35.5. The molecule has 1 aliphatic heterocycles. The van der Waals surface area contributed by atoms with Crippen molar-refractivity contribution in [2.75, 3.05) is 17.7 Å². The molecule has 0 unspecified atom stereocenters. The summed E-state index contributed by atoms with van der Waals surface area (Å²) in [5.74, 6) is 1.83. The molecule has 2 heterocycles. The molecule has 0 spiro atoms. The number of nitrogens with zero attached hydrogens (tertiary/aromatic N) is 2. The molecule has 1 aliphatic rings. The van der Waals surface area contributed by atoms with Crippen LogP contribution in [0.5, 0.6) is 5.75 Å². The van der Waals surface area contributed by atoms with Crippen molar-refractivity contribution < 1.29 is 9.53 Å². The number of rotatable bonds is 4. The van der Waals surface area contributed by atoms with Crippen molar-refractivity contribution in [1.29, 1.82) is 0 Å². The minimum atomic E-state index is -0.0682. The van der Waals surface area contributed by atoms with E-state index in [0.717, 1.165) is 33.8 Å². The highest BCUT2D eigenvalue weighted by Crippen LogP contribution is 2.46. The smallest absolute Gasteiger partial charge is 0.235 e. The Morgan fingerprint density at radius 3 is 2.83 bits per heavy atom. The van der Waals surface area contributed by atoms with Crippen LogP contribution in [0.25, 0.3) is 5.69 Å². The molecular formula is C22H22ClN3O2S. The number of halogens is 1. The zero-order valence-electron chi connectivity index (χ0n) is 16.5. The van der Waals surface area contributed by atoms with Crippen LogP contribution in [-0.4, -0.2) is 28.0 Å². The molecule has 0 bridgehead atoms. The number of amides is 1. The number of aryl methyl sites for hydroxylation is 2. The van der Waals surface area contributed by atoms with Gasteiger partial charge in [0, 0.05) is 16.1 Å². The second-order valence-electron chi connectivity index (χ2n) is 6.90. The summed E-state index contributed by atoms with van der Waals surface area (Å²) in [5.41, 5.74) is 4.71. The Balaban J connectivity index is 1.89. The SMILES string of the molecule is CCOc1ccccc1[C@H]1SCC(=O)Nc2c1c(C)nn2-c1ccc(C)c(Cl)c1. The number of para-hydroxylation sites is 1. The van der Waals surface area contributed by atoms with Crippen LogP contribution in [0.2, 0.25) is 5.02 Å². The summed E-state index contributed by atoms with van der Waals surface area (Å²) in [6, 6.07) is 13.8. The van der Waals surface area contributed by atoms with E-state index in [4.69, 9.17) is 21.4 Å². The summed E-state index contributed by atoms with van der Waals surface area (Å²) >= 11 is 7.93. The lowest BCUT2D eigenvalue weighted by Crippen LogP contribution is -2.15. The summed E-state index contributed by atoms with van der Waals surface area (Å²) in [5, 5.41) is 8.40. The molecule has 150 valence electrons. The van der Waals surface area contributed by atoms with E-state index in [0.29, 0.717) is 23.2 Å². The van der Waals surface area contributed by atoms with Gasteiger partial charge in [0.15, 0.2) is 0 Å². The lowest BCUT2D eigenvalue weighted by molar-refractivity contribution is -0.113. The van der Waals surface area contributed by atoms with Gasteiger partial charge >= 0.3 is 0 Å². The van der Waals surface area contributed by atoms with E-state index in [9.17, 15) is 4.79 Å². The fourth-order valence-corrected chi connectivity index (χ4v) is 4.90. The van der Waals surface area contributed by atoms with Crippen molar-refractivity contribution in [3.8, 4) is 11.4 Å². The van der Waals surface area contributed by atoms with Crippen molar-refractivity contribution in [2.24, 2.45) is 0 Å². The van der Waals surface area contributed by atoms with Crippen molar-refractivity contribution in [1.82, 2.24) is 9.78 Å². The van der Waals surface area contributed by atoms with Crippen LogP contribution in [-0.2, 0) is 4.79 Å². The first-order chi connectivity index (χ1) is 14.0. The van der Waals surface area contributed by atoms with Crippen LogP contribution in [0.15, 0.2) is 42.5 Å². The van der Waals surface area contributed by atoms with Gasteiger partial charge in [0.1, 0.15) is 11.6 Å². The molecule has 1 amide bonds. The lowest BCUT2D eigenvalue weighted by atomic mass is 10.0. The molecule has 7 heteroatoms. The molecule has 0 fully saturated rings. The summed E-state index contributed by atoms with van der Waals surface area (Å²) < 4.78 is 7.64. The van der Waals surface area contributed by atoms with E-state index in [1.54, 1.807) is 16.4 Å². The zero-order valence-corrected chi connectivity index (χ0v) is 18.1. The fraction of sp³-hybridized carbons (Fsp3) is 0.273. The van der Waals surface area contributed by atoms with E-state index in [1.165, 1.54) is 0 Å². The standard InChI is InChI=1S/C22H22ClN3O2S/c1-4-28-18-8-6-5-7-16(18)21-20-14(3)25-26(22(20)24-19(27)12-29-21)15-10-9-13(2)17(23)11-15/h5-11,21H,4,12H2,1-3H3,(H,24,27)/t21-/m1/s1. The maximum absolute atomic E-state index is 12.5. The summed E-state index contributed by atoms with van der Waals surface area (Å²) in [6.45, 7) is 6.48. The van der Waals surface area contributed by atoms with Crippen LogP contribution in [0.1, 0.15) is 34.6 Å². The molecular weight excluding hydrogens is 406 g/mol. The average molecular weight is 428 g/mol. The monoisotopic (exact) mass is 427 g/mol. The largest absolute Gasteiger partial charge is 0.494 e. The quantitative estimate of drug-likeness (QED) is 0.612. The molecule has 1 N–H and O–H groups in total. The van der Waals surface area contributed by atoms with Gasteiger partial charge in [-0.1, -0.05) is 35.9 Å². The van der Waals surface area contributed by atoms with Crippen LogP contribution in [0.3, 0.4) is 0 Å². The Kier molecular flexibility index (Phi) is 5.56. The summed E-state index contributed by atoms with van der Waals surface area (Å²) in [7, 11) is 0. The Morgan fingerprint density at radius 1 is 1.28 bits per heavy atom. The van der Waals surface area contributed by atoms with Crippen molar-refractivity contribution >= 4 is 35.1 Å². The van der Waals surface area contributed by atoms with Gasteiger partial charge in [0.2, 0.25) is 5.91 Å². The molecule has 0 radical (unpaired) electrons. The molecule has 0 saturated carbocycles. The Morgan fingerprint density at radius 2 is 2.07 bits per heavy atom. The average Bonchev–Trinajstić information content (AvgIpc) is 2.91. The predicted molar refractivity (Wildman–Crippen MR) is 119 cm³/mol.